The zero-order chi connectivity index (χ0) is 31.5. The Morgan fingerprint density at radius 3 is 1.35 bits per heavy atom. The maximum absolute atomic E-state index is 12.7. The SMILES string of the molecule is CC1N[PH]2(Oc3ccccc3)C(N[PH](O)(Oc3ccccc3)N[PH]1(Oc1ccccc1)Oc1ccccc1)C2Oc1ccccc1. The van der Waals surface area contributed by atoms with Gasteiger partial charge in [-0.1, -0.05) is 0 Å². The summed E-state index contributed by atoms with van der Waals surface area (Å²) in [4.78, 5) is 16.1. The number of hydrogen-bond acceptors (Lipinski definition) is 9. The molecular formula is C34H38N3O6P3. The molecule has 0 saturated carbocycles. The molecule has 0 amide bonds. The van der Waals surface area contributed by atoms with Gasteiger partial charge in [0.25, 0.3) is 0 Å². The fourth-order valence-corrected chi connectivity index (χ4v) is 18.3. The first kappa shape index (κ1) is 30.9. The van der Waals surface area contributed by atoms with Gasteiger partial charge in [-0.25, -0.2) is 0 Å². The molecule has 3 atom stereocenters. The van der Waals surface area contributed by atoms with Crippen LogP contribution in [0.3, 0.4) is 0 Å². The van der Waals surface area contributed by atoms with Gasteiger partial charge in [0.05, 0.1) is 0 Å². The second kappa shape index (κ2) is 13.2. The fourth-order valence-electron chi connectivity index (χ4n) is 5.64. The molecular weight excluding hydrogens is 639 g/mol. The van der Waals surface area contributed by atoms with E-state index in [9.17, 15) is 4.89 Å². The summed E-state index contributed by atoms with van der Waals surface area (Å²) in [5, 5.41) is 7.34. The second-order valence-corrected chi connectivity index (χ2v) is 19.9. The predicted octanol–water partition coefficient (Wildman–Crippen LogP) is 7.65. The van der Waals surface area contributed by atoms with E-state index in [2.05, 4.69) is 15.0 Å². The summed E-state index contributed by atoms with van der Waals surface area (Å²) in [6.45, 7) is 2.01. The molecule has 0 bridgehead atoms. The van der Waals surface area contributed by atoms with Crippen LogP contribution in [0.2, 0.25) is 0 Å². The van der Waals surface area contributed by atoms with Crippen LogP contribution in [0.1, 0.15) is 6.92 Å². The summed E-state index contributed by atoms with van der Waals surface area (Å²) >= 11 is 0. The van der Waals surface area contributed by atoms with Crippen LogP contribution >= 0.6 is 23.5 Å². The molecule has 2 saturated heterocycles. The molecule has 0 aliphatic carbocycles. The van der Waals surface area contributed by atoms with Crippen molar-refractivity contribution >= 4 is 23.5 Å². The third-order valence-electron chi connectivity index (χ3n) is 7.86. The minimum atomic E-state index is -4.14. The Morgan fingerprint density at radius 2 is 0.891 bits per heavy atom. The first-order valence-electron chi connectivity index (χ1n) is 15.2. The molecule has 240 valence electrons. The summed E-state index contributed by atoms with van der Waals surface area (Å²) in [7, 11) is -11.1. The Balaban J connectivity index is 1.35. The van der Waals surface area contributed by atoms with Crippen molar-refractivity contribution in [2.75, 3.05) is 0 Å². The quantitative estimate of drug-likeness (QED) is 0.111. The third-order valence-corrected chi connectivity index (χ3v) is 18.5. The molecule has 5 aromatic rings. The molecule has 46 heavy (non-hydrogen) atoms. The number of ether oxygens (including phenoxy) is 1. The Bertz CT molecular complexity index is 1670. The summed E-state index contributed by atoms with van der Waals surface area (Å²) in [6, 6.07) is 47.5. The van der Waals surface area contributed by atoms with Crippen LogP contribution in [0.25, 0.3) is 0 Å². The third kappa shape index (κ3) is 6.69. The van der Waals surface area contributed by atoms with Crippen LogP contribution in [-0.4, -0.2) is 22.3 Å². The van der Waals surface area contributed by atoms with Crippen LogP contribution in [0.15, 0.2) is 152 Å². The van der Waals surface area contributed by atoms with Gasteiger partial charge >= 0.3 is 271 Å². The van der Waals surface area contributed by atoms with E-state index in [0.29, 0.717) is 28.7 Å². The van der Waals surface area contributed by atoms with E-state index in [1.54, 1.807) is 0 Å². The molecule has 7 rings (SSSR count). The molecule has 2 aliphatic heterocycles. The summed E-state index contributed by atoms with van der Waals surface area (Å²) in [5.41, 5.74) is 0. The van der Waals surface area contributed by atoms with Crippen molar-refractivity contribution in [2.45, 2.75) is 24.3 Å². The first-order valence-corrected chi connectivity index (χ1v) is 21.0. The zero-order valence-electron chi connectivity index (χ0n) is 25.2. The average Bonchev–Trinajstić information content (AvgIpc) is 3.62. The van der Waals surface area contributed by atoms with Crippen LogP contribution in [0.5, 0.6) is 28.7 Å². The molecule has 2 aliphatic rings. The van der Waals surface area contributed by atoms with Crippen LogP contribution < -0.4 is 37.9 Å². The van der Waals surface area contributed by atoms with Gasteiger partial charge in [-0.2, -0.15) is 0 Å². The van der Waals surface area contributed by atoms with E-state index < -0.39 is 40.9 Å². The van der Waals surface area contributed by atoms with Gasteiger partial charge in [-0.05, 0) is 0 Å². The summed E-state index contributed by atoms with van der Waals surface area (Å²) < 4.78 is 33.8. The van der Waals surface area contributed by atoms with Crippen LogP contribution in [0.4, 0.5) is 0 Å². The van der Waals surface area contributed by atoms with Crippen molar-refractivity contribution in [1.29, 1.82) is 0 Å². The Hall–Kier alpha value is -3.77. The van der Waals surface area contributed by atoms with E-state index >= 15 is 0 Å². The number of hydrogen-bond donors (Lipinski definition) is 4. The van der Waals surface area contributed by atoms with E-state index in [1.807, 2.05) is 159 Å². The molecule has 0 radical (unpaired) electrons. The van der Waals surface area contributed by atoms with Gasteiger partial charge in [0.1, 0.15) is 0 Å². The molecule has 2 heterocycles. The Kier molecular flexibility index (Phi) is 8.82. The normalized spacial score (nSPS) is 24.3. The summed E-state index contributed by atoms with van der Waals surface area (Å²) in [5.74, 6) is 1.76. The first-order chi connectivity index (χ1) is 22.5. The number of rotatable bonds is 10. The van der Waals surface area contributed by atoms with Gasteiger partial charge in [-0.15, -0.1) is 0 Å². The molecule has 0 spiro atoms. The average molecular weight is 678 g/mol. The maximum atomic E-state index is 12.7. The van der Waals surface area contributed by atoms with Gasteiger partial charge in [0.2, 0.25) is 0 Å². The number of benzene rings is 5. The number of para-hydroxylation sites is 5. The molecule has 5 aromatic carbocycles. The van der Waals surface area contributed by atoms with Gasteiger partial charge in [-0.3, -0.25) is 0 Å². The van der Waals surface area contributed by atoms with Crippen molar-refractivity contribution in [1.82, 2.24) is 15.0 Å². The fraction of sp³-hybridized carbons (Fsp3) is 0.118. The van der Waals surface area contributed by atoms with E-state index in [1.165, 1.54) is 0 Å². The zero-order valence-corrected chi connectivity index (χ0v) is 28.2. The topological polar surface area (TPSA) is 102 Å². The molecule has 0 aromatic heterocycles. The standard InChI is InChI=1S/C34H38N3O6P3/c1-27-35-44(40-29-19-9-3-10-20-29)33(34(44)39-28-17-7-2-8-18-28)36-46(38,43-32-25-15-6-16-26-32)37-45(27,41-30-21-11-4-12-22-30)42-31-23-13-5-14-24-31/h2-27,33-38,44-46H,1H3. The summed E-state index contributed by atoms with van der Waals surface area (Å²) in [6.07, 6.45) is 0. The second-order valence-electron chi connectivity index (χ2n) is 11.2. The van der Waals surface area contributed by atoms with Crippen LogP contribution in [-0.2, 0) is 0 Å². The Morgan fingerprint density at radius 1 is 0.500 bits per heavy atom. The molecule has 4 N–H and O–H groups in total. The molecule has 3 unspecified atom stereocenters. The number of fused-ring (bicyclic) bond motifs is 1. The van der Waals surface area contributed by atoms with Gasteiger partial charge < -0.3 is 0 Å². The van der Waals surface area contributed by atoms with Crippen molar-refractivity contribution < 1.29 is 27.7 Å². The minimum absolute atomic E-state index is 0.399. The predicted molar refractivity (Wildman–Crippen MR) is 189 cm³/mol. The van der Waals surface area contributed by atoms with Crippen molar-refractivity contribution in [3.63, 3.8) is 0 Å². The molecule has 2 fully saturated rings. The van der Waals surface area contributed by atoms with E-state index in [0.717, 1.165) is 0 Å². The molecule has 9 nitrogen and oxygen atoms in total. The molecule has 12 heteroatoms. The van der Waals surface area contributed by atoms with Gasteiger partial charge in [0.15, 0.2) is 0 Å². The van der Waals surface area contributed by atoms with Crippen molar-refractivity contribution in [3.05, 3.63) is 152 Å². The van der Waals surface area contributed by atoms with Crippen molar-refractivity contribution in [3.8, 4) is 28.7 Å². The Labute approximate surface area is 270 Å². The monoisotopic (exact) mass is 677 g/mol. The van der Waals surface area contributed by atoms with E-state index in [-0.39, 0.29) is 0 Å². The van der Waals surface area contributed by atoms with Gasteiger partial charge in [0, 0.05) is 0 Å². The van der Waals surface area contributed by atoms with Crippen LogP contribution in [0, 0.1) is 0 Å². The van der Waals surface area contributed by atoms with E-state index in [4.69, 9.17) is 22.8 Å². The van der Waals surface area contributed by atoms with Crippen molar-refractivity contribution in [2.24, 2.45) is 0 Å². The number of nitrogens with one attached hydrogen (secondary N) is 3.